The van der Waals surface area contributed by atoms with E-state index in [1.54, 1.807) is 13.0 Å². The molecule has 306 valence electrons. The molecule has 16 atom stereocenters. The van der Waals surface area contributed by atoms with Crippen molar-refractivity contribution in [1.29, 1.82) is 0 Å². The van der Waals surface area contributed by atoms with Gasteiger partial charge in [-0.15, -0.1) is 0 Å². The molecule has 7 N–H and O–H groups in total. The number of hydrogen-bond donors (Lipinski definition) is 7. The number of benzene rings is 1. The number of aliphatic hydroxyl groups excluding tert-OH is 5. The van der Waals surface area contributed by atoms with E-state index < -0.39 is 104 Å². The molecular weight excluding hydrogens is 726 g/mol. The lowest BCUT2D eigenvalue weighted by Crippen LogP contribution is -2.67. The summed E-state index contributed by atoms with van der Waals surface area (Å²) < 4.78 is 33.0. The van der Waals surface area contributed by atoms with Gasteiger partial charge in [0, 0.05) is 14.0 Å². The number of rotatable bonds is 11. The summed E-state index contributed by atoms with van der Waals surface area (Å²) in [5.41, 5.74) is 2.02. The van der Waals surface area contributed by atoms with Crippen molar-refractivity contribution in [3.8, 4) is 5.75 Å². The van der Waals surface area contributed by atoms with Crippen molar-refractivity contribution in [2.45, 2.75) is 145 Å². The Bertz CT molecular complexity index is 1590. The van der Waals surface area contributed by atoms with Crippen molar-refractivity contribution in [2.75, 3.05) is 13.7 Å². The van der Waals surface area contributed by atoms with Crippen LogP contribution in [0.1, 0.15) is 76.3 Å². The molecule has 2 saturated heterocycles. The number of aryl methyl sites for hydroxylation is 1. The van der Waals surface area contributed by atoms with Crippen molar-refractivity contribution >= 4 is 23.8 Å². The monoisotopic (exact) mass is 779 g/mol. The maximum absolute atomic E-state index is 12.8. The highest BCUT2D eigenvalue weighted by atomic mass is 16.7. The van der Waals surface area contributed by atoms with Gasteiger partial charge in [0.25, 0.3) is 0 Å². The Labute approximate surface area is 318 Å². The van der Waals surface area contributed by atoms with Crippen molar-refractivity contribution in [3.05, 3.63) is 29.3 Å². The van der Waals surface area contributed by atoms with Gasteiger partial charge in [-0.2, -0.15) is 0 Å². The van der Waals surface area contributed by atoms with Crippen LogP contribution in [-0.4, -0.2) is 142 Å². The van der Waals surface area contributed by atoms with Gasteiger partial charge >= 0.3 is 17.9 Å². The second kappa shape index (κ2) is 16.7. The number of aliphatic hydroxyl groups is 5. The summed E-state index contributed by atoms with van der Waals surface area (Å²) in [4.78, 5) is 49.2. The van der Waals surface area contributed by atoms with Gasteiger partial charge in [0.1, 0.15) is 49.0 Å². The standard InChI is InChI=1S/C38H53NO16/c1-16-28(39-17(2)40)32(54-37-31(46)33(50-4)30(45)34(55-37)36(48)49)29(44)25(52-16)15-51-26(42)9-10-27(43)53-19-6-8-20-18(13-19)5-7-22-21(20)11-12-38(3)23(22)14-24(41)35(38)47/h6,8,13,16,21-25,28-35,37,41,44-47H,5,7,9-12,14-15H2,1-4H3,(H,39,40)(H,48,49)/t16?,21-,22-,23+,24-,25?,28?,29?,30?,31?,32?,33?,34?,35+,37?,38+/m1/s1. The van der Waals surface area contributed by atoms with Crippen LogP contribution in [0.5, 0.6) is 5.75 Å². The molecule has 17 heteroatoms. The number of hydrogen-bond acceptors (Lipinski definition) is 15. The molecule has 0 bridgehead atoms. The quantitative estimate of drug-likeness (QED) is 0.112. The SMILES string of the molecule is COC1C(O)C(OC2C(O)C(COC(=O)CCC(=O)Oc3ccc4c(c3)CC[C@@H]3[C@@H]4CC[C@]4(C)[C@@H](O)[C@H](O)C[C@@H]34)OC(C)C2NC(C)=O)OC(C(=O)O)C1O. The average Bonchev–Trinajstić information content (AvgIpc) is 3.37. The molecule has 1 amide bonds. The third-order valence-electron chi connectivity index (χ3n) is 12.5. The molecular formula is C38H53NO16. The van der Waals surface area contributed by atoms with Crippen molar-refractivity contribution in [1.82, 2.24) is 5.32 Å². The number of fused-ring (bicyclic) bond motifs is 5. The normalized spacial score (nSPS) is 40.9. The van der Waals surface area contributed by atoms with E-state index in [0.717, 1.165) is 38.4 Å². The zero-order valence-corrected chi connectivity index (χ0v) is 31.3. The van der Waals surface area contributed by atoms with Crippen molar-refractivity contribution < 1.29 is 78.2 Å². The number of carboxylic acid groups (broad SMARTS) is 1. The fraction of sp³-hybridized carbons (Fsp3) is 0.737. The highest BCUT2D eigenvalue weighted by Gasteiger charge is 2.58. The van der Waals surface area contributed by atoms with Gasteiger partial charge in [-0.3, -0.25) is 14.4 Å². The molecule has 0 radical (unpaired) electrons. The second-order valence-electron chi connectivity index (χ2n) is 15.9. The number of carboxylic acids is 1. The van der Waals surface area contributed by atoms with E-state index in [0.29, 0.717) is 24.0 Å². The molecule has 10 unspecified atom stereocenters. The minimum absolute atomic E-state index is 0.243. The molecule has 5 aliphatic rings. The first-order valence-electron chi connectivity index (χ1n) is 18.9. The Balaban J connectivity index is 1.02. The van der Waals surface area contributed by atoms with E-state index in [9.17, 15) is 49.8 Å². The number of carbonyl (C=O) groups excluding carboxylic acids is 3. The molecule has 2 heterocycles. The van der Waals surface area contributed by atoms with Gasteiger partial charge < -0.3 is 64.4 Å². The molecule has 1 aromatic carbocycles. The zero-order chi connectivity index (χ0) is 39.9. The van der Waals surface area contributed by atoms with Crippen LogP contribution >= 0.6 is 0 Å². The predicted molar refractivity (Wildman–Crippen MR) is 186 cm³/mol. The van der Waals surface area contributed by atoms with Crippen LogP contribution < -0.4 is 10.1 Å². The van der Waals surface area contributed by atoms with Crippen LogP contribution in [0.3, 0.4) is 0 Å². The molecule has 55 heavy (non-hydrogen) atoms. The summed E-state index contributed by atoms with van der Waals surface area (Å²) in [6.45, 7) is 4.39. The van der Waals surface area contributed by atoms with Crippen molar-refractivity contribution in [2.24, 2.45) is 17.3 Å². The maximum atomic E-state index is 12.8. The molecule has 6 rings (SSSR count). The first-order chi connectivity index (χ1) is 26.0. The van der Waals surface area contributed by atoms with Gasteiger partial charge in [-0.1, -0.05) is 13.0 Å². The van der Waals surface area contributed by atoms with Crippen LogP contribution in [0.15, 0.2) is 18.2 Å². The van der Waals surface area contributed by atoms with E-state index in [1.165, 1.54) is 12.5 Å². The van der Waals surface area contributed by atoms with E-state index >= 15 is 0 Å². The van der Waals surface area contributed by atoms with E-state index in [4.69, 9.17) is 28.4 Å². The summed E-state index contributed by atoms with van der Waals surface area (Å²) in [5.74, 6) is -2.21. The Kier molecular flexibility index (Phi) is 12.6. The van der Waals surface area contributed by atoms with Crippen LogP contribution in [-0.2, 0) is 49.3 Å². The van der Waals surface area contributed by atoms with E-state index in [-0.39, 0.29) is 24.2 Å². The summed E-state index contributed by atoms with van der Waals surface area (Å²) in [6, 6.07) is 4.57. The summed E-state index contributed by atoms with van der Waals surface area (Å²) in [5, 5.41) is 65.7. The lowest BCUT2D eigenvalue weighted by molar-refractivity contribution is -0.327. The number of amides is 1. The summed E-state index contributed by atoms with van der Waals surface area (Å²) in [7, 11) is 1.15. The second-order valence-corrected chi connectivity index (χ2v) is 15.9. The average molecular weight is 780 g/mol. The molecule has 2 saturated carbocycles. The van der Waals surface area contributed by atoms with Gasteiger partial charge in [-0.05, 0) is 85.5 Å². The molecule has 17 nitrogen and oxygen atoms in total. The maximum Gasteiger partial charge on any atom is 0.335 e. The molecule has 4 fully saturated rings. The molecule has 2 aliphatic heterocycles. The lowest BCUT2D eigenvalue weighted by Gasteiger charge is -2.49. The van der Waals surface area contributed by atoms with Crippen LogP contribution in [0, 0.1) is 17.3 Å². The van der Waals surface area contributed by atoms with Gasteiger partial charge in [0.15, 0.2) is 12.4 Å². The van der Waals surface area contributed by atoms with Gasteiger partial charge in [0.2, 0.25) is 5.91 Å². The smallest absolute Gasteiger partial charge is 0.335 e. The molecule has 0 spiro atoms. The molecule has 0 aromatic heterocycles. The highest BCUT2D eigenvalue weighted by Crippen LogP contribution is 2.61. The Morgan fingerprint density at radius 3 is 2.38 bits per heavy atom. The third-order valence-corrected chi connectivity index (χ3v) is 12.5. The summed E-state index contributed by atoms with van der Waals surface area (Å²) >= 11 is 0. The predicted octanol–water partition coefficient (Wildman–Crippen LogP) is -0.312. The minimum Gasteiger partial charge on any atom is -0.479 e. The first kappa shape index (κ1) is 41.4. The number of nitrogens with one attached hydrogen (secondary N) is 1. The Morgan fingerprint density at radius 2 is 1.69 bits per heavy atom. The number of ether oxygens (including phenoxy) is 6. The van der Waals surface area contributed by atoms with Gasteiger partial charge in [0.05, 0.1) is 37.2 Å². The van der Waals surface area contributed by atoms with Crippen molar-refractivity contribution in [3.63, 3.8) is 0 Å². The minimum atomic E-state index is -1.84. The third kappa shape index (κ3) is 8.27. The zero-order valence-electron chi connectivity index (χ0n) is 31.3. The topological polar surface area (TPSA) is 257 Å². The Hall–Kier alpha value is -3.26. The number of aliphatic carboxylic acids is 1. The van der Waals surface area contributed by atoms with Crippen LogP contribution in [0.25, 0.3) is 0 Å². The summed E-state index contributed by atoms with van der Waals surface area (Å²) in [6.07, 6.45) is -11.5. The van der Waals surface area contributed by atoms with E-state index in [2.05, 4.69) is 12.2 Å². The first-order valence-corrected chi connectivity index (χ1v) is 18.9. The Morgan fingerprint density at radius 1 is 0.964 bits per heavy atom. The van der Waals surface area contributed by atoms with Crippen LogP contribution in [0.4, 0.5) is 0 Å². The molecule has 3 aliphatic carbocycles. The fourth-order valence-electron chi connectivity index (χ4n) is 9.70. The largest absolute Gasteiger partial charge is 0.479 e. The van der Waals surface area contributed by atoms with E-state index in [1.807, 2.05) is 12.1 Å². The fourth-order valence-corrected chi connectivity index (χ4v) is 9.70. The highest BCUT2D eigenvalue weighted by molar-refractivity contribution is 5.79. The molecule has 1 aromatic rings. The van der Waals surface area contributed by atoms with Crippen LogP contribution in [0.2, 0.25) is 0 Å². The number of esters is 2. The van der Waals surface area contributed by atoms with Gasteiger partial charge in [-0.25, -0.2) is 4.79 Å². The number of methoxy groups -OCH3 is 1. The lowest BCUT2D eigenvalue weighted by atomic mass is 9.55. The number of carbonyl (C=O) groups is 4.